The third kappa shape index (κ3) is 3.84. The molecule has 0 spiro atoms. The number of aromatic nitrogens is 1. The minimum absolute atomic E-state index is 0.0800. The number of hydrogen-bond donors (Lipinski definition) is 2. The highest BCUT2D eigenvalue weighted by atomic mass is 35.5. The van der Waals surface area contributed by atoms with Crippen LogP contribution in [0.15, 0.2) is 24.5 Å². The second kappa shape index (κ2) is 5.99. The Balaban J connectivity index is 2.10. The predicted molar refractivity (Wildman–Crippen MR) is 81.2 cm³/mol. The fourth-order valence-electron chi connectivity index (χ4n) is 1.66. The van der Waals surface area contributed by atoms with Crippen molar-refractivity contribution in [2.45, 2.75) is 0 Å². The Bertz CT molecular complexity index is 719. The van der Waals surface area contributed by atoms with Crippen molar-refractivity contribution in [3.8, 4) is 10.4 Å². The van der Waals surface area contributed by atoms with Crippen molar-refractivity contribution in [3.63, 3.8) is 0 Å². The summed E-state index contributed by atoms with van der Waals surface area (Å²) in [6.07, 6.45) is 4.43. The van der Waals surface area contributed by atoms with Crippen molar-refractivity contribution in [1.82, 2.24) is 10.3 Å². The standard InChI is InChI=1S/C12H13ClN2O3S2/c1-20(17,18)5-4-15-12(16)9-7-14-6-8(9)10-2-3-11(13)19-10/h2-3,6-7,14H,4-5H2,1H3,(H,15,16). The molecule has 0 unspecified atom stereocenters. The monoisotopic (exact) mass is 332 g/mol. The van der Waals surface area contributed by atoms with Crippen LogP contribution in [-0.2, 0) is 9.84 Å². The fraction of sp³-hybridized carbons (Fsp3) is 0.250. The number of halogens is 1. The SMILES string of the molecule is CS(=O)(=O)CCNC(=O)c1c[nH]cc1-c1ccc(Cl)s1. The van der Waals surface area contributed by atoms with Crippen molar-refractivity contribution in [1.29, 1.82) is 0 Å². The van der Waals surface area contributed by atoms with Gasteiger partial charge in [-0.1, -0.05) is 11.6 Å². The zero-order chi connectivity index (χ0) is 14.8. The quantitative estimate of drug-likeness (QED) is 0.880. The van der Waals surface area contributed by atoms with Gasteiger partial charge in [0.25, 0.3) is 5.91 Å². The second-order valence-electron chi connectivity index (χ2n) is 4.27. The number of amides is 1. The molecule has 2 aromatic rings. The van der Waals surface area contributed by atoms with E-state index in [0.29, 0.717) is 9.90 Å². The van der Waals surface area contributed by atoms with E-state index in [1.165, 1.54) is 11.3 Å². The maximum Gasteiger partial charge on any atom is 0.253 e. The van der Waals surface area contributed by atoms with Gasteiger partial charge in [0.1, 0.15) is 9.84 Å². The smallest absolute Gasteiger partial charge is 0.253 e. The van der Waals surface area contributed by atoms with E-state index in [4.69, 9.17) is 11.6 Å². The number of nitrogens with one attached hydrogen (secondary N) is 2. The lowest BCUT2D eigenvalue weighted by Crippen LogP contribution is -2.28. The Kier molecular flexibility index (Phi) is 4.52. The third-order valence-corrected chi connectivity index (χ3v) is 4.80. The van der Waals surface area contributed by atoms with Crippen LogP contribution in [0.4, 0.5) is 0 Å². The zero-order valence-corrected chi connectivity index (χ0v) is 13.0. The highest BCUT2D eigenvalue weighted by Crippen LogP contribution is 2.32. The minimum Gasteiger partial charge on any atom is -0.366 e. The summed E-state index contributed by atoms with van der Waals surface area (Å²) < 4.78 is 22.7. The average Bonchev–Trinajstić information content (AvgIpc) is 2.94. The van der Waals surface area contributed by atoms with Gasteiger partial charge in [-0.3, -0.25) is 4.79 Å². The van der Waals surface area contributed by atoms with Crippen LogP contribution >= 0.6 is 22.9 Å². The number of aromatic amines is 1. The van der Waals surface area contributed by atoms with Crippen molar-refractivity contribution in [2.24, 2.45) is 0 Å². The van der Waals surface area contributed by atoms with Crippen LogP contribution in [-0.4, -0.2) is 37.9 Å². The van der Waals surface area contributed by atoms with Crippen LogP contribution in [0.3, 0.4) is 0 Å². The largest absolute Gasteiger partial charge is 0.366 e. The molecule has 0 atom stereocenters. The number of thiophene rings is 1. The first-order valence-corrected chi connectivity index (χ1v) is 9.01. The molecule has 0 bridgehead atoms. The first-order chi connectivity index (χ1) is 9.37. The fourth-order valence-corrected chi connectivity index (χ4v) is 3.21. The molecule has 0 saturated carbocycles. The molecule has 2 rings (SSSR count). The second-order valence-corrected chi connectivity index (χ2v) is 8.25. The molecular formula is C12H13ClN2O3S2. The Morgan fingerprint density at radius 2 is 2.15 bits per heavy atom. The van der Waals surface area contributed by atoms with Gasteiger partial charge in [-0.15, -0.1) is 11.3 Å². The van der Waals surface area contributed by atoms with Crippen LogP contribution in [0.1, 0.15) is 10.4 Å². The molecule has 5 nitrogen and oxygen atoms in total. The summed E-state index contributed by atoms with van der Waals surface area (Å²) in [6.45, 7) is 0.0908. The van der Waals surface area contributed by atoms with E-state index in [1.54, 1.807) is 18.5 Å². The first-order valence-electron chi connectivity index (χ1n) is 5.75. The summed E-state index contributed by atoms with van der Waals surface area (Å²) in [4.78, 5) is 15.8. The van der Waals surface area contributed by atoms with Gasteiger partial charge in [0.05, 0.1) is 15.7 Å². The van der Waals surface area contributed by atoms with Gasteiger partial charge in [-0.2, -0.15) is 0 Å². The van der Waals surface area contributed by atoms with Gasteiger partial charge in [-0.25, -0.2) is 8.42 Å². The molecule has 0 radical (unpaired) electrons. The lowest BCUT2D eigenvalue weighted by molar-refractivity contribution is 0.0957. The van der Waals surface area contributed by atoms with Crippen LogP contribution in [0.2, 0.25) is 4.34 Å². The van der Waals surface area contributed by atoms with E-state index in [9.17, 15) is 13.2 Å². The van der Waals surface area contributed by atoms with E-state index in [-0.39, 0.29) is 18.2 Å². The zero-order valence-electron chi connectivity index (χ0n) is 10.6. The Labute approximate surface area is 125 Å². The molecule has 108 valence electrons. The average molecular weight is 333 g/mol. The number of hydrogen-bond acceptors (Lipinski definition) is 4. The van der Waals surface area contributed by atoms with Crippen molar-refractivity contribution in [3.05, 3.63) is 34.4 Å². The van der Waals surface area contributed by atoms with Crippen molar-refractivity contribution >= 4 is 38.7 Å². The number of H-pyrrole nitrogens is 1. The molecule has 8 heteroatoms. The maximum atomic E-state index is 12.0. The lowest BCUT2D eigenvalue weighted by atomic mass is 10.1. The molecule has 0 fully saturated rings. The van der Waals surface area contributed by atoms with Crippen molar-refractivity contribution < 1.29 is 13.2 Å². The molecule has 20 heavy (non-hydrogen) atoms. The summed E-state index contributed by atoms with van der Waals surface area (Å²) in [5.41, 5.74) is 1.22. The summed E-state index contributed by atoms with van der Waals surface area (Å²) in [5, 5.41) is 2.59. The third-order valence-electron chi connectivity index (χ3n) is 2.59. The molecule has 2 N–H and O–H groups in total. The number of carbonyl (C=O) groups excluding carboxylic acids is 1. The topological polar surface area (TPSA) is 79.0 Å². The van der Waals surface area contributed by atoms with Crippen molar-refractivity contribution in [2.75, 3.05) is 18.6 Å². The first kappa shape index (κ1) is 15.1. The lowest BCUT2D eigenvalue weighted by Gasteiger charge is -2.04. The molecule has 0 aliphatic rings. The van der Waals surface area contributed by atoms with E-state index in [1.807, 2.05) is 6.07 Å². The summed E-state index contributed by atoms with van der Waals surface area (Å²) >= 11 is 7.26. The molecule has 0 aliphatic heterocycles. The van der Waals surface area contributed by atoms with Gasteiger partial charge in [0.2, 0.25) is 0 Å². The van der Waals surface area contributed by atoms with E-state index < -0.39 is 9.84 Å². The van der Waals surface area contributed by atoms with Gasteiger partial charge >= 0.3 is 0 Å². The Morgan fingerprint density at radius 3 is 2.75 bits per heavy atom. The molecule has 2 heterocycles. The van der Waals surface area contributed by atoms with Gasteiger partial charge in [0.15, 0.2) is 0 Å². The van der Waals surface area contributed by atoms with Crippen LogP contribution < -0.4 is 5.32 Å². The highest BCUT2D eigenvalue weighted by Gasteiger charge is 2.15. The molecular weight excluding hydrogens is 320 g/mol. The van der Waals surface area contributed by atoms with Gasteiger partial charge in [0, 0.05) is 35.6 Å². The molecule has 0 aliphatic carbocycles. The summed E-state index contributed by atoms with van der Waals surface area (Å²) in [7, 11) is -3.09. The molecule has 1 amide bonds. The van der Waals surface area contributed by atoms with Gasteiger partial charge in [-0.05, 0) is 12.1 Å². The minimum atomic E-state index is -3.09. The van der Waals surface area contributed by atoms with E-state index in [2.05, 4.69) is 10.3 Å². The summed E-state index contributed by atoms with van der Waals surface area (Å²) in [6, 6.07) is 3.60. The highest BCUT2D eigenvalue weighted by molar-refractivity contribution is 7.90. The van der Waals surface area contributed by atoms with Gasteiger partial charge < -0.3 is 10.3 Å². The normalized spacial score (nSPS) is 11.5. The summed E-state index contributed by atoms with van der Waals surface area (Å²) in [5.74, 6) is -0.391. The molecule has 0 aromatic carbocycles. The van der Waals surface area contributed by atoms with Crippen LogP contribution in [0.25, 0.3) is 10.4 Å². The Morgan fingerprint density at radius 1 is 1.40 bits per heavy atom. The number of rotatable bonds is 5. The maximum absolute atomic E-state index is 12.0. The predicted octanol–water partition coefficient (Wildman–Crippen LogP) is 2.17. The van der Waals surface area contributed by atoms with E-state index in [0.717, 1.165) is 16.7 Å². The molecule has 0 saturated heterocycles. The van der Waals surface area contributed by atoms with E-state index >= 15 is 0 Å². The van der Waals surface area contributed by atoms with Crippen LogP contribution in [0.5, 0.6) is 0 Å². The molecule has 2 aromatic heterocycles. The Hall–Kier alpha value is -1.31. The number of sulfone groups is 1. The van der Waals surface area contributed by atoms with Crippen LogP contribution in [0, 0.1) is 0 Å². The number of carbonyl (C=O) groups is 1.